The van der Waals surface area contributed by atoms with Gasteiger partial charge in [0.2, 0.25) is 0 Å². The first kappa shape index (κ1) is 18.9. The highest BCUT2D eigenvalue weighted by Crippen LogP contribution is 2.30. The van der Waals surface area contributed by atoms with Crippen molar-refractivity contribution < 1.29 is 9.18 Å². The van der Waals surface area contributed by atoms with Crippen LogP contribution < -0.4 is 5.32 Å². The minimum atomic E-state index is -0.374. The first-order chi connectivity index (χ1) is 13.9. The molecule has 29 heavy (non-hydrogen) atoms. The molecule has 0 fully saturated rings. The molecular formula is C21H18FN5OS. The number of benzene rings is 2. The number of amides is 1. The zero-order chi connectivity index (χ0) is 20.5. The third kappa shape index (κ3) is 3.79. The van der Waals surface area contributed by atoms with Crippen LogP contribution in [-0.4, -0.2) is 25.9 Å². The number of hydrogen-bond donors (Lipinski definition) is 1. The maximum absolute atomic E-state index is 13.2. The molecule has 0 saturated carbocycles. The van der Waals surface area contributed by atoms with Crippen molar-refractivity contribution in [2.75, 3.05) is 5.32 Å². The first-order valence-electron chi connectivity index (χ1n) is 8.96. The highest BCUT2D eigenvalue weighted by atomic mass is 32.1. The average Bonchev–Trinajstić information content (AvgIpc) is 3.25. The maximum Gasteiger partial charge on any atom is 0.279 e. The zero-order valence-electron chi connectivity index (χ0n) is 16.1. The lowest BCUT2D eigenvalue weighted by Crippen LogP contribution is -2.14. The quantitative estimate of drug-likeness (QED) is 0.532. The molecule has 2 aromatic carbocycles. The number of aromatic nitrogens is 4. The third-order valence-electron chi connectivity index (χ3n) is 4.49. The summed E-state index contributed by atoms with van der Waals surface area (Å²) >= 11 is 1.36. The predicted octanol–water partition coefficient (Wildman–Crippen LogP) is 4.71. The summed E-state index contributed by atoms with van der Waals surface area (Å²) in [7, 11) is 0. The summed E-state index contributed by atoms with van der Waals surface area (Å²) in [4.78, 5) is 18.2. The van der Waals surface area contributed by atoms with E-state index in [1.54, 1.807) is 23.7 Å². The van der Waals surface area contributed by atoms with Crippen molar-refractivity contribution in [2.45, 2.75) is 20.8 Å². The van der Waals surface area contributed by atoms with Crippen molar-refractivity contribution in [3.63, 3.8) is 0 Å². The van der Waals surface area contributed by atoms with E-state index in [1.165, 1.54) is 23.5 Å². The number of carbonyl (C=O) groups is 1. The number of anilines is 1. The number of carbonyl (C=O) groups excluding carboxylic acids is 1. The summed E-state index contributed by atoms with van der Waals surface area (Å²) in [5.41, 5.74) is 4.32. The fraction of sp³-hybridized carbons (Fsp3) is 0.143. The van der Waals surface area contributed by atoms with Gasteiger partial charge in [0.15, 0.2) is 10.8 Å². The summed E-state index contributed by atoms with van der Waals surface area (Å²) in [5, 5.41) is 11.4. The second kappa shape index (κ2) is 7.56. The molecule has 0 aliphatic carbocycles. The van der Waals surface area contributed by atoms with Gasteiger partial charge in [-0.1, -0.05) is 17.3 Å². The molecule has 4 rings (SSSR count). The Morgan fingerprint density at radius 1 is 1.10 bits per heavy atom. The molecule has 0 aliphatic heterocycles. The largest absolute Gasteiger partial charge is 0.296 e. The maximum atomic E-state index is 13.2. The van der Waals surface area contributed by atoms with Crippen LogP contribution in [0.4, 0.5) is 9.52 Å². The lowest BCUT2D eigenvalue weighted by Gasteiger charge is -2.04. The molecule has 0 atom stereocenters. The fourth-order valence-electron chi connectivity index (χ4n) is 3.03. The van der Waals surface area contributed by atoms with E-state index in [1.807, 2.05) is 38.1 Å². The van der Waals surface area contributed by atoms with Crippen LogP contribution in [-0.2, 0) is 0 Å². The van der Waals surface area contributed by atoms with E-state index in [0.717, 1.165) is 21.7 Å². The van der Waals surface area contributed by atoms with Crippen LogP contribution in [0, 0.1) is 26.6 Å². The summed E-state index contributed by atoms with van der Waals surface area (Å²) in [6.45, 7) is 5.70. The van der Waals surface area contributed by atoms with Crippen molar-refractivity contribution >= 4 is 22.4 Å². The number of thiazole rings is 1. The van der Waals surface area contributed by atoms with Crippen LogP contribution in [0.2, 0.25) is 0 Å². The van der Waals surface area contributed by atoms with Gasteiger partial charge in [-0.2, -0.15) is 0 Å². The first-order valence-corrected chi connectivity index (χ1v) is 9.78. The lowest BCUT2D eigenvalue weighted by molar-refractivity contribution is 0.102. The Morgan fingerprint density at radius 2 is 1.86 bits per heavy atom. The fourth-order valence-corrected chi connectivity index (χ4v) is 3.86. The topological polar surface area (TPSA) is 72.7 Å². The molecule has 8 heteroatoms. The van der Waals surface area contributed by atoms with E-state index < -0.39 is 0 Å². The van der Waals surface area contributed by atoms with Gasteiger partial charge < -0.3 is 0 Å². The SMILES string of the molecule is Cc1cccc(-n2nnc(C(=O)Nc3nc(-c4ccc(F)cc4)c(C)s3)c2C)c1. The van der Waals surface area contributed by atoms with E-state index in [9.17, 15) is 9.18 Å². The zero-order valence-corrected chi connectivity index (χ0v) is 16.9. The van der Waals surface area contributed by atoms with Gasteiger partial charge in [0.25, 0.3) is 5.91 Å². The monoisotopic (exact) mass is 407 g/mol. The Hall–Kier alpha value is -3.39. The third-order valence-corrected chi connectivity index (χ3v) is 5.38. The van der Waals surface area contributed by atoms with Crippen LogP contribution in [0.25, 0.3) is 16.9 Å². The van der Waals surface area contributed by atoms with E-state index in [4.69, 9.17) is 0 Å². The molecule has 0 unspecified atom stereocenters. The minimum Gasteiger partial charge on any atom is -0.296 e. The molecule has 0 bridgehead atoms. The predicted molar refractivity (Wildman–Crippen MR) is 111 cm³/mol. The van der Waals surface area contributed by atoms with Gasteiger partial charge in [0, 0.05) is 10.4 Å². The summed E-state index contributed by atoms with van der Waals surface area (Å²) in [6.07, 6.45) is 0. The summed E-state index contributed by atoms with van der Waals surface area (Å²) in [5.74, 6) is -0.678. The smallest absolute Gasteiger partial charge is 0.279 e. The Morgan fingerprint density at radius 3 is 2.59 bits per heavy atom. The molecule has 0 saturated heterocycles. The van der Waals surface area contributed by atoms with Crippen LogP contribution in [0.1, 0.15) is 26.6 Å². The highest BCUT2D eigenvalue weighted by Gasteiger charge is 2.19. The van der Waals surface area contributed by atoms with Crippen molar-refractivity contribution in [1.82, 2.24) is 20.0 Å². The van der Waals surface area contributed by atoms with E-state index in [-0.39, 0.29) is 17.4 Å². The van der Waals surface area contributed by atoms with Gasteiger partial charge in [-0.25, -0.2) is 14.1 Å². The van der Waals surface area contributed by atoms with Gasteiger partial charge in [-0.05, 0) is 62.7 Å². The summed E-state index contributed by atoms with van der Waals surface area (Å²) < 4.78 is 14.8. The number of aryl methyl sites for hydroxylation is 2. The Bertz CT molecular complexity index is 1200. The molecule has 2 aromatic heterocycles. The Kier molecular flexibility index (Phi) is 4.94. The lowest BCUT2D eigenvalue weighted by atomic mass is 10.1. The Balaban J connectivity index is 1.58. The van der Waals surface area contributed by atoms with E-state index in [0.29, 0.717) is 16.5 Å². The highest BCUT2D eigenvalue weighted by molar-refractivity contribution is 7.16. The Labute approximate surface area is 171 Å². The molecule has 6 nitrogen and oxygen atoms in total. The minimum absolute atomic E-state index is 0.239. The number of nitrogens with zero attached hydrogens (tertiary/aromatic N) is 4. The molecule has 0 spiro atoms. The standard InChI is InChI=1S/C21H18FN5OS/c1-12-5-4-6-17(11-12)27-13(2)18(25-26-27)20(28)24-21-23-19(14(3)29-21)15-7-9-16(22)10-8-15/h4-11H,1-3H3,(H,23,24,28). The van der Waals surface area contributed by atoms with E-state index in [2.05, 4.69) is 20.6 Å². The van der Waals surface area contributed by atoms with Crippen LogP contribution in [0.3, 0.4) is 0 Å². The normalized spacial score (nSPS) is 10.9. The molecule has 1 amide bonds. The number of nitrogens with one attached hydrogen (secondary N) is 1. The van der Waals surface area contributed by atoms with Gasteiger partial charge in [-0.3, -0.25) is 10.1 Å². The second-order valence-corrected chi connectivity index (χ2v) is 7.86. The van der Waals surface area contributed by atoms with Gasteiger partial charge in [0.05, 0.1) is 17.1 Å². The second-order valence-electron chi connectivity index (χ2n) is 6.66. The van der Waals surface area contributed by atoms with Crippen LogP contribution >= 0.6 is 11.3 Å². The number of rotatable bonds is 4. The van der Waals surface area contributed by atoms with Crippen molar-refractivity contribution in [2.24, 2.45) is 0 Å². The van der Waals surface area contributed by atoms with Crippen molar-refractivity contribution in [3.05, 3.63) is 76.2 Å². The van der Waals surface area contributed by atoms with Crippen LogP contribution in [0.15, 0.2) is 48.5 Å². The number of halogens is 1. The van der Waals surface area contributed by atoms with Crippen LogP contribution in [0.5, 0.6) is 0 Å². The molecule has 0 radical (unpaired) electrons. The summed E-state index contributed by atoms with van der Waals surface area (Å²) in [6, 6.07) is 13.9. The van der Waals surface area contributed by atoms with Gasteiger partial charge in [-0.15, -0.1) is 16.4 Å². The van der Waals surface area contributed by atoms with Gasteiger partial charge in [0.1, 0.15) is 5.82 Å². The van der Waals surface area contributed by atoms with Crippen molar-refractivity contribution in [3.8, 4) is 16.9 Å². The molecule has 2 heterocycles. The van der Waals surface area contributed by atoms with Crippen molar-refractivity contribution in [1.29, 1.82) is 0 Å². The molecule has 146 valence electrons. The van der Waals surface area contributed by atoms with E-state index >= 15 is 0 Å². The molecule has 4 aromatic rings. The molecule has 1 N–H and O–H groups in total. The van der Waals surface area contributed by atoms with Gasteiger partial charge >= 0.3 is 0 Å². The molecule has 0 aliphatic rings. The average molecular weight is 407 g/mol. The number of hydrogen-bond acceptors (Lipinski definition) is 5. The molecular weight excluding hydrogens is 389 g/mol.